The fourth-order valence-corrected chi connectivity index (χ4v) is 2.51. The number of halogens is 3. The van der Waals surface area contributed by atoms with Crippen LogP contribution in [0.5, 0.6) is 5.88 Å². The average molecular weight is 360 g/mol. The van der Waals surface area contributed by atoms with Crippen molar-refractivity contribution in [3.8, 4) is 5.88 Å². The van der Waals surface area contributed by atoms with Crippen molar-refractivity contribution in [1.82, 2.24) is 15.1 Å². The summed E-state index contributed by atoms with van der Waals surface area (Å²) < 4.78 is 21.4. The van der Waals surface area contributed by atoms with Crippen LogP contribution in [0.2, 0.25) is 5.02 Å². The van der Waals surface area contributed by atoms with Crippen LogP contribution >= 0.6 is 24.0 Å². The molecular weight excluding hydrogens is 340 g/mol. The summed E-state index contributed by atoms with van der Waals surface area (Å²) in [4.78, 5) is 0. The SMILES string of the molecule is CNCc1cc(OCc2cc(Cl)ccc2F)n(CC2CC2)n1.Cl. The molecule has 7 heteroatoms. The van der Waals surface area contributed by atoms with Gasteiger partial charge in [-0.25, -0.2) is 9.07 Å². The number of rotatable bonds is 7. The predicted molar refractivity (Wildman–Crippen MR) is 90.7 cm³/mol. The Kier molecular flexibility index (Phi) is 6.27. The molecule has 2 aromatic rings. The minimum absolute atomic E-state index is 0. The first-order chi connectivity index (χ1) is 10.7. The molecule has 23 heavy (non-hydrogen) atoms. The lowest BCUT2D eigenvalue weighted by atomic mass is 10.2. The van der Waals surface area contributed by atoms with Crippen LogP contribution in [0.4, 0.5) is 4.39 Å². The van der Waals surface area contributed by atoms with Crippen molar-refractivity contribution < 1.29 is 9.13 Å². The largest absolute Gasteiger partial charge is 0.473 e. The third kappa shape index (κ3) is 4.83. The summed E-state index contributed by atoms with van der Waals surface area (Å²) in [5, 5.41) is 8.12. The van der Waals surface area contributed by atoms with E-state index in [1.165, 1.54) is 25.0 Å². The first-order valence-electron chi connectivity index (χ1n) is 7.43. The van der Waals surface area contributed by atoms with E-state index in [1.807, 2.05) is 17.8 Å². The van der Waals surface area contributed by atoms with Gasteiger partial charge in [-0.15, -0.1) is 12.4 Å². The van der Waals surface area contributed by atoms with Crippen molar-refractivity contribution >= 4 is 24.0 Å². The van der Waals surface area contributed by atoms with Gasteiger partial charge in [-0.05, 0) is 44.0 Å². The Bertz CT molecular complexity index is 659. The highest BCUT2D eigenvalue weighted by Crippen LogP contribution is 2.32. The number of hydrogen-bond acceptors (Lipinski definition) is 3. The molecule has 1 N–H and O–H groups in total. The van der Waals surface area contributed by atoms with E-state index in [4.69, 9.17) is 16.3 Å². The lowest BCUT2D eigenvalue weighted by Gasteiger charge is -2.09. The predicted octanol–water partition coefficient (Wildman–Crippen LogP) is 3.81. The maximum atomic E-state index is 13.7. The number of nitrogens with zero attached hydrogens (tertiary/aromatic N) is 2. The molecule has 1 aliphatic carbocycles. The summed E-state index contributed by atoms with van der Waals surface area (Å²) in [6, 6.07) is 6.38. The minimum Gasteiger partial charge on any atom is -0.473 e. The van der Waals surface area contributed by atoms with Gasteiger partial charge >= 0.3 is 0 Å². The van der Waals surface area contributed by atoms with Crippen LogP contribution in [0.3, 0.4) is 0 Å². The molecule has 1 aliphatic rings. The van der Waals surface area contributed by atoms with Gasteiger partial charge in [-0.2, -0.15) is 5.10 Å². The van der Waals surface area contributed by atoms with E-state index in [0.29, 0.717) is 28.9 Å². The van der Waals surface area contributed by atoms with Gasteiger partial charge in [0.2, 0.25) is 5.88 Å². The highest BCUT2D eigenvalue weighted by molar-refractivity contribution is 6.30. The number of nitrogens with one attached hydrogen (secondary N) is 1. The Morgan fingerprint density at radius 1 is 1.39 bits per heavy atom. The van der Waals surface area contributed by atoms with Gasteiger partial charge < -0.3 is 10.1 Å². The van der Waals surface area contributed by atoms with E-state index < -0.39 is 0 Å². The molecule has 0 spiro atoms. The highest BCUT2D eigenvalue weighted by Gasteiger charge is 2.24. The monoisotopic (exact) mass is 359 g/mol. The normalized spacial score (nSPS) is 13.7. The van der Waals surface area contributed by atoms with Crippen LogP contribution in [-0.2, 0) is 19.7 Å². The van der Waals surface area contributed by atoms with Gasteiger partial charge in [-0.1, -0.05) is 11.6 Å². The van der Waals surface area contributed by atoms with Crippen LogP contribution in [0.15, 0.2) is 24.3 Å². The van der Waals surface area contributed by atoms with Crippen molar-refractivity contribution in [2.45, 2.75) is 32.5 Å². The van der Waals surface area contributed by atoms with Crippen LogP contribution in [0.1, 0.15) is 24.1 Å². The molecule has 1 aromatic carbocycles. The molecule has 3 rings (SSSR count). The average Bonchev–Trinajstić information content (AvgIpc) is 3.22. The fourth-order valence-electron chi connectivity index (χ4n) is 2.32. The molecule has 0 amide bonds. The summed E-state index contributed by atoms with van der Waals surface area (Å²) in [5.41, 5.74) is 1.37. The summed E-state index contributed by atoms with van der Waals surface area (Å²) in [5.74, 6) is 1.05. The fraction of sp³-hybridized carbons (Fsp3) is 0.438. The third-order valence-electron chi connectivity index (χ3n) is 3.66. The third-order valence-corrected chi connectivity index (χ3v) is 3.90. The molecular formula is C16H20Cl2FN3O. The molecule has 0 saturated heterocycles. The van der Waals surface area contributed by atoms with Gasteiger partial charge in [0.05, 0.1) is 5.69 Å². The van der Waals surface area contributed by atoms with Gasteiger partial charge in [0, 0.05) is 29.7 Å². The second-order valence-corrected chi connectivity index (χ2v) is 6.09. The Balaban J connectivity index is 0.00000192. The molecule has 0 radical (unpaired) electrons. The van der Waals surface area contributed by atoms with E-state index in [0.717, 1.165) is 12.2 Å². The van der Waals surface area contributed by atoms with E-state index in [-0.39, 0.29) is 24.8 Å². The van der Waals surface area contributed by atoms with E-state index in [9.17, 15) is 4.39 Å². The smallest absolute Gasteiger partial charge is 0.212 e. The number of benzene rings is 1. The van der Waals surface area contributed by atoms with Crippen LogP contribution in [-0.4, -0.2) is 16.8 Å². The second-order valence-electron chi connectivity index (χ2n) is 5.65. The molecule has 0 bridgehead atoms. The molecule has 1 heterocycles. The van der Waals surface area contributed by atoms with Crippen molar-refractivity contribution in [3.05, 3.63) is 46.4 Å². The minimum atomic E-state index is -0.312. The molecule has 4 nitrogen and oxygen atoms in total. The Hall–Kier alpha value is -1.30. The summed E-state index contributed by atoms with van der Waals surface area (Å²) in [7, 11) is 1.88. The zero-order chi connectivity index (χ0) is 15.5. The van der Waals surface area contributed by atoms with Gasteiger partial charge in [0.25, 0.3) is 0 Å². The number of hydrogen-bond donors (Lipinski definition) is 1. The molecule has 1 aromatic heterocycles. The lowest BCUT2D eigenvalue weighted by Crippen LogP contribution is -2.09. The molecule has 0 aliphatic heterocycles. The molecule has 1 fully saturated rings. The van der Waals surface area contributed by atoms with Crippen LogP contribution in [0.25, 0.3) is 0 Å². The highest BCUT2D eigenvalue weighted by atomic mass is 35.5. The van der Waals surface area contributed by atoms with Gasteiger partial charge in [0.15, 0.2) is 0 Å². The van der Waals surface area contributed by atoms with E-state index in [1.54, 1.807) is 6.07 Å². The van der Waals surface area contributed by atoms with Crippen LogP contribution < -0.4 is 10.1 Å². The first kappa shape index (κ1) is 18.0. The van der Waals surface area contributed by atoms with E-state index in [2.05, 4.69) is 10.4 Å². The maximum Gasteiger partial charge on any atom is 0.212 e. The zero-order valence-corrected chi connectivity index (χ0v) is 14.5. The van der Waals surface area contributed by atoms with Crippen molar-refractivity contribution in [3.63, 3.8) is 0 Å². The number of ether oxygens (including phenoxy) is 1. The lowest BCUT2D eigenvalue weighted by molar-refractivity contribution is 0.265. The summed E-state index contributed by atoms with van der Waals surface area (Å²) in [6.45, 7) is 1.68. The molecule has 0 atom stereocenters. The first-order valence-corrected chi connectivity index (χ1v) is 7.81. The Morgan fingerprint density at radius 3 is 2.87 bits per heavy atom. The molecule has 1 saturated carbocycles. The summed E-state index contributed by atoms with van der Waals surface area (Å²) in [6.07, 6.45) is 2.48. The van der Waals surface area contributed by atoms with Crippen LogP contribution in [0, 0.1) is 11.7 Å². The zero-order valence-electron chi connectivity index (χ0n) is 12.9. The Labute approximate surface area is 146 Å². The molecule has 126 valence electrons. The maximum absolute atomic E-state index is 13.7. The van der Waals surface area contributed by atoms with E-state index >= 15 is 0 Å². The summed E-state index contributed by atoms with van der Waals surface area (Å²) >= 11 is 5.90. The van der Waals surface area contributed by atoms with Gasteiger partial charge in [-0.3, -0.25) is 0 Å². The van der Waals surface area contributed by atoms with Crippen molar-refractivity contribution in [2.24, 2.45) is 5.92 Å². The van der Waals surface area contributed by atoms with Gasteiger partial charge in [0.1, 0.15) is 12.4 Å². The quantitative estimate of drug-likeness (QED) is 0.816. The second kappa shape index (κ2) is 7.99. The van der Waals surface area contributed by atoms with Crippen molar-refractivity contribution in [1.29, 1.82) is 0 Å². The Morgan fingerprint density at radius 2 is 2.17 bits per heavy atom. The number of aromatic nitrogens is 2. The standard InChI is InChI=1S/C16H19ClFN3O.ClH/c1-19-8-14-7-16(21(20-14)9-11-2-3-11)22-10-12-6-13(17)4-5-15(12)18;/h4-7,11,19H,2-3,8-10H2,1H3;1H. The van der Waals surface area contributed by atoms with Crippen molar-refractivity contribution in [2.75, 3.05) is 7.05 Å². The topological polar surface area (TPSA) is 39.1 Å². The molecule has 0 unspecified atom stereocenters.